The van der Waals surface area contributed by atoms with E-state index in [1.165, 1.54) is 152 Å². The molecule has 0 saturated heterocycles. The lowest BCUT2D eigenvalue weighted by Crippen LogP contribution is -2.33. The highest BCUT2D eigenvalue weighted by Crippen LogP contribution is 2.27. The first-order valence-electron chi connectivity index (χ1n) is 37.9. The first-order chi connectivity index (χ1) is 45.8. The quantitative estimate of drug-likeness (QED) is 0.0200. The molecule has 0 aromatic heterocycles. The Bertz CT molecular complexity index is 1540. The van der Waals surface area contributed by atoms with Gasteiger partial charge in [0.1, 0.15) is 30.5 Å². The van der Waals surface area contributed by atoms with Crippen molar-refractivity contribution in [2.75, 3.05) is 135 Å². The van der Waals surface area contributed by atoms with Crippen molar-refractivity contribution in [3.63, 3.8) is 0 Å². The van der Waals surface area contributed by atoms with Crippen molar-refractivity contribution < 1.29 is 96.9 Å². The largest absolute Gasteiger partial charge is 0.420 e. The van der Waals surface area contributed by atoms with E-state index in [1.807, 2.05) is 35.5 Å². The Hall–Kier alpha value is 0.284. The van der Waals surface area contributed by atoms with Gasteiger partial charge in [0, 0.05) is 68.6 Å². The zero-order valence-electron chi connectivity index (χ0n) is 65.2. The first-order valence-corrected chi connectivity index (χ1v) is 52.0. The van der Waals surface area contributed by atoms with Crippen LogP contribution >= 0.6 is 0 Å². The standard InChI is InChI=1S/C16H36O4Si.C15H34O4Si.2C14H32O4Si.C12H28O4Si/c1-4-5-6-7-8-9-12-21(3,19-2)13-10-11-20-15-16(18)14-17;1-4-5-6-7-8-11-20(3,18-2)12-9-10-19-14-15(17)13-16;1-5-13(2)7-10-19(4,17-3)9-6-8-18-12-14(16)11-15;1-4-5-6-7-10-19(3,17-2)11-8-9-18-13-14(16)12-15;1-4-5-8-17(3,15-2)9-6-7-16-11-12(14)10-13/h16-18H,4-15H2,1-3H3;15-17H,4-14H2,1-3H3;13-16H,5-12H2,1-4H3;14-16H,4-13H2,1-3H3;12-14H,4-11H2,1-3H3. The summed E-state index contributed by atoms with van der Waals surface area (Å²) in [5.41, 5.74) is 0. The number of hydrogen-bond donors (Lipinski definition) is 10. The Labute approximate surface area is 595 Å². The fraction of sp³-hybridized carbons (Fsp3) is 1.00. The van der Waals surface area contributed by atoms with Crippen LogP contribution in [0.2, 0.25) is 93.2 Å². The molecule has 0 fully saturated rings. The molecule has 0 heterocycles. The fourth-order valence-electron chi connectivity index (χ4n) is 10.4. The molecular formula is C71H162O20Si5. The van der Waals surface area contributed by atoms with Gasteiger partial charge < -0.3 is 96.9 Å². The predicted octanol–water partition coefficient (Wildman–Crippen LogP) is 13.0. The summed E-state index contributed by atoms with van der Waals surface area (Å²) >= 11 is 0. The van der Waals surface area contributed by atoms with E-state index in [-0.39, 0.29) is 66.1 Å². The summed E-state index contributed by atoms with van der Waals surface area (Å²) in [6.45, 7) is 28.0. The molecule has 0 aliphatic rings. The molecule has 10 N–H and O–H groups in total. The lowest BCUT2D eigenvalue weighted by atomic mass is 10.1. The molecule has 0 radical (unpaired) electrons. The molecule has 586 valence electrons. The molecule has 0 spiro atoms. The number of unbranched alkanes of at least 4 members (excludes halogenated alkanes) is 13. The van der Waals surface area contributed by atoms with Crippen LogP contribution in [0.5, 0.6) is 0 Å². The Morgan fingerprint density at radius 2 is 0.448 bits per heavy atom. The van der Waals surface area contributed by atoms with E-state index in [0.29, 0.717) is 33.0 Å². The third kappa shape index (κ3) is 71.3. The highest BCUT2D eigenvalue weighted by Gasteiger charge is 2.30. The van der Waals surface area contributed by atoms with Crippen LogP contribution in [0.15, 0.2) is 0 Å². The molecule has 0 aromatic carbocycles. The zero-order valence-corrected chi connectivity index (χ0v) is 70.2. The van der Waals surface area contributed by atoms with Crippen molar-refractivity contribution in [2.24, 2.45) is 5.92 Å². The lowest BCUT2D eigenvalue weighted by Gasteiger charge is -2.26. The van der Waals surface area contributed by atoms with E-state index in [1.54, 1.807) is 0 Å². The van der Waals surface area contributed by atoms with Crippen LogP contribution in [-0.2, 0) is 45.8 Å². The molecule has 96 heavy (non-hydrogen) atoms. The van der Waals surface area contributed by atoms with Gasteiger partial charge in [-0.1, -0.05) is 164 Å². The molecule has 0 amide bonds. The SMILES string of the molecule is CCC(C)CC[Si](C)(CCCOCC(O)CO)OC.CCCCCCCC[Si](C)(CCCOCC(O)CO)OC.CCCCCCC[Si](C)(CCCOCC(O)CO)OC.CCCCCC[Si](C)(CCCOCC(O)CO)OC.CCCC[Si](C)(CCCOCC(O)CO)OC. The molecule has 0 saturated carbocycles. The summed E-state index contributed by atoms with van der Waals surface area (Å²) < 4.78 is 55.5. The molecule has 0 aliphatic carbocycles. The van der Waals surface area contributed by atoms with Crippen molar-refractivity contribution in [1.29, 1.82) is 0 Å². The zero-order chi connectivity index (χ0) is 73.7. The highest BCUT2D eigenvalue weighted by molar-refractivity contribution is 6.74. The maximum Gasteiger partial charge on any atom is 0.189 e. The minimum Gasteiger partial charge on any atom is -0.420 e. The van der Waals surface area contributed by atoms with Crippen LogP contribution in [0, 0.1) is 5.92 Å². The third-order valence-electron chi connectivity index (χ3n) is 18.4. The molecule has 0 bridgehead atoms. The monoisotopic (exact) mass is 1480 g/mol. The topological polar surface area (TPSA) is 295 Å². The van der Waals surface area contributed by atoms with Gasteiger partial charge in [0.15, 0.2) is 41.6 Å². The summed E-state index contributed by atoms with van der Waals surface area (Å²) in [6, 6.07) is 11.6. The minimum absolute atomic E-state index is 0.217. The summed E-state index contributed by atoms with van der Waals surface area (Å²) in [7, 11) is 1.39. The lowest BCUT2D eigenvalue weighted by molar-refractivity contribution is 0.00634. The maximum atomic E-state index is 9.18. The second kappa shape index (κ2) is 73.6. The Morgan fingerprint density at radius 3 is 0.656 bits per heavy atom. The van der Waals surface area contributed by atoms with Crippen molar-refractivity contribution in [3.05, 3.63) is 0 Å². The predicted molar refractivity (Wildman–Crippen MR) is 409 cm³/mol. The molecule has 0 aliphatic heterocycles. The average Bonchev–Trinajstić information content (AvgIpc) is 1.49. The smallest absolute Gasteiger partial charge is 0.189 e. The number of rotatable bonds is 65. The molecule has 20 nitrogen and oxygen atoms in total. The van der Waals surface area contributed by atoms with Crippen LogP contribution in [0.4, 0.5) is 0 Å². The number of aliphatic hydroxyl groups excluding tert-OH is 10. The summed E-state index contributed by atoms with van der Waals surface area (Å²) in [6.07, 6.45) is 25.8. The second-order valence-electron chi connectivity index (χ2n) is 28.0. The number of hydrogen-bond acceptors (Lipinski definition) is 20. The summed E-state index contributed by atoms with van der Waals surface area (Å²) in [5.74, 6) is 0.776. The van der Waals surface area contributed by atoms with E-state index in [4.69, 9.17) is 91.8 Å². The van der Waals surface area contributed by atoms with E-state index in [9.17, 15) is 5.11 Å². The van der Waals surface area contributed by atoms with E-state index < -0.39 is 72.1 Å². The van der Waals surface area contributed by atoms with Gasteiger partial charge >= 0.3 is 0 Å². The Balaban J connectivity index is -0.000000360. The van der Waals surface area contributed by atoms with E-state index in [2.05, 4.69) is 74.3 Å². The van der Waals surface area contributed by atoms with Crippen molar-refractivity contribution in [1.82, 2.24) is 0 Å². The molecular weight excluding hydrogens is 1310 g/mol. The van der Waals surface area contributed by atoms with E-state index in [0.717, 1.165) is 68.2 Å². The third-order valence-corrected chi connectivity index (χ3v) is 37.4. The highest BCUT2D eigenvalue weighted by atomic mass is 28.4. The minimum atomic E-state index is -1.58. The van der Waals surface area contributed by atoms with Gasteiger partial charge in [-0.25, -0.2) is 0 Å². The molecule has 0 rings (SSSR count). The van der Waals surface area contributed by atoms with Gasteiger partial charge in [-0.3, -0.25) is 0 Å². The van der Waals surface area contributed by atoms with Gasteiger partial charge in [0.25, 0.3) is 0 Å². The van der Waals surface area contributed by atoms with Crippen molar-refractivity contribution in [2.45, 2.75) is 319 Å². The maximum absolute atomic E-state index is 9.18. The Kier molecular flexibility index (Phi) is 80.4. The Morgan fingerprint density at radius 1 is 0.260 bits per heavy atom. The number of aliphatic hydroxyl groups is 10. The summed E-state index contributed by atoms with van der Waals surface area (Å²) in [4.78, 5) is 0. The van der Waals surface area contributed by atoms with Crippen LogP contribution in [0.3, 0.4) is 0 Å². The van der Waals surface area contributed by atoms with Crippen molar-refractivity contribution in [3.8, 4) is 0 Å². The molecule has 0 aromatic rings. The van der Waals surface area contributed by atoms with Crippen LogP contribution in [-0.4, -0.2) is 258 Å². The fourth-order valence-corrected chi connectivity index (χ4v) is 23.3. The van der Waals surface area contributed by atoms with E-state index >= 15 is 0 Å². The molecule has 11 atom stereocenters. The van der Waals surface area contributed by atoms with Gasteiger partial charge in [-0.05, 0) is 131 Å². The van der Waals surface area contributed by atoms with Gasteiger partial charge in [-0.15, -0.1) is 0 Å². The first kappa shape index (κ1) is 105. The second-order valence-corrected chi connectivity index (χ2v) is 49.5. The van der Waals surface area contributed by atoms with Gasteiger partial charge in [0.2, 0.25) is 0 Å². The average molecular weight is 1480 g/mol. The van der Waals surface area contributed by atoms with Crippen LogP contribution in [0.1, 0.15) is 196 Å². The van der Waals surface area contributed by atoms with Gasteiger partial charge in [0.05, 0.1) is 66.1 Å². The molecule has 11 unspecified atom stereocenters. The van der Waals surface area contributed by atoms with Gasteiger partial charge in [-0.2, -0.15) is 0 Å². The van der Waals surface area contributed by atoms with Crippen LogP contribution < -0.4 is 0 Å². The van der Waals surface area contributed by atoms with Crippen molar-refractivity contribution >= 4 is 41.6 Å². The number of ether oxygens (including phenoxy) is 5. The van der Waals surface area contributed by atoms with Crippen LogP contribution in [0.25, 0.3) is 0 Å². The molecule has 25 heteroatoms. The normalized spacial score (nSPS) is 16.6. The summed E-state index contributed by atoms with van der Waals surface area (Å²) in [5, 5.41) is 89.0.